The summed E-state index contributed by atoms with van der Waals surface area (Å²) in [5.41, 5.74) is 1.59. The Morgan fingerprint density at radius 2 is 1.71 bits per heavy atom. The zero-order valence-corrected chi connectivity index (χ0v) is 19.4. The standard InChI is InChI=1S/C20H24ClN5O7S/c21-15-9-11(6-8-22-15)14-10-34-20(26-14)23-7-2-1-3-12(17(29)30)24-19(33)25-13(18(31)32)4-5-16(27)28/h6,8-10,12-13H,1-5,7H2,(H,23,26)(H,27,28)(H,29,30)(H,31,32)(H2,24,25,33)/t12-,13-/m0/s1. The molecule has 0 fully saturated rings. The first-order valence-electron chi connectivity index (χ1n) is 10.2. The summed E-state index contributed by atoms with van der Waals surface area (Å²) < 4.78 is 0. The second kappa shape index (κ2) is 13.3. The first kappa shape index (κ1) is 26.8. The number of thiazole rings is 1. The third-order valence-corrected chi connectivity index (χ3v) is 5.58. The van der Waals surface area contributed by atoms with Crippen molar-refractivity contribution in [1.29, 1.82) is 0 Å². The van der Waals surface area contributed by atoms with E-state index in [9.17, 15) is 24.3 Å². The molecule has 2 heterocycles. The Morgan fingerprint density at radius 1 is 1.03 bits per heavy atom. The number of hydrogen-bond donors (Lipinski definition) is 6. The lowest BCUT2D eigenvalue weighted by Crippen LogP contribution is -2.51. The molecule has 0 radical (unpaired) electrons. The summed E-state index contributed by atoms with van der Waals surface area (Å²) in [7, 11) is 0. The number of urea groups is 1. The zero-order chi connectivity index (χ0) is 25.1. The smallest absolute Gasteiger partial charge is 0.326 e. The van der Waals surface area contributed by atoms with Crippen LogP contribution in [0.2, 0.25) is 5.15 Å². The third kappa shape index (κ3) is 9.19. The quantitative estimate of drug-likeness (QED) is 0.161. The highest BCUT2D eigenvalue weighted by molar-refractivity contribution is 7.14. The van der Waals surface area contributed by atoms with Crippen LogP contribution in [0.1, 0.15) is 32.1 Å². The van der Waals surface area contributed by atoms with Gasteiger partial charge in [0.1, 0.15) is 17.2 Å². The summed E-state index contributed by atoms with van der Waals surface area (Å²) in [6.45, 7) is 0.527. The number of carbonyl (C=O) groups excluding carboxylic acids is 1. The summed E-state index contributed by atoms with van der Waals surface area (Å²) in [4.78, 5) is 53.6. The van der Waals surface area contributed by atoms with Crippen LogP contribution in [0.25, 0.3) is 11.3 Å². The second-order valence-electron chi connectivity index (χ2n) is 7.16. The van der Waals surface area contributed by atoms with E-state index in [1.807, 2.05) is 5.38 Å². The van der Waals surface area contributed by atoms with Crippen LogP contribution in [-0.2, 0) is 14.4 Å². The first-order chi connectivity index (χ1) is 16.2. The Labute approximate surface area is 203 Å². The van der Waals surface area contributed by atoms with E-state index < -0.39 is 42.4 Å². The summed E-state index contributed by atoms with van der Waals surface area (Å²) in [6, 6.07) is -0.154. The van der Waals surface area contributed by atoms with Crippen LogP contribution in [-0.4, -0.2) is 67.9 Å². The predicted molar refractivity (Wildman–Crippen MR) is 124 cm³/mol. The molecule has 14 heteroatoms. The number of aromatic nitrogens is 2. The molecule has 2 atom stereocenters. The van der Waals surface area contributed by atoms with E-state index in [1.54, 1.807) is 18.3 Å². The van der Waals surface area contributed by atoms with Gasteiger partial charge in [-0.15, -0.1) is 11.3 Å². The number of carboxylic acids is 3. The molecule has 2 aromatic heterocycles. The van der Waals surface area contributed by atoms with Crippen molar-refractivity contribution in [2.24, 2.45) is 0 Å². The molecule has 0 bridgehead atoms. The fourth-order valence-electron chi connectivity index (χ4n) is 2.86. The van der Waals surface area contributed by atoms with Crippen LogP contribution in [0.4, 0.5) is 9.93 Å². The maximum atomic E-state index is 12.0. The zero-order valence-electron chi connectivity index (χ0n) is 17.9. The molecule has 0 aliphatic carbocycles. The molecule has 0 saturated heterocycles. The topological polar surface area (TPSA) is 191 Å². The molecule has 0 unspecified atom stereocenters. The van der Waals surface area contributed by atoms with Gasteiger partial charge in [0.05, 0.1) is 5.69 Å². The molecule has 34 heavy (non-hydrogen) atoms. The maximum Gasteiger partial charge on any atom is 0.326 e. The van der Waals surface area contributed by atoms with E-state index in [-0.39, 0.29) is 12.8 Å². The summed E-state index contributed by atoms with van der Waals surface area (Å²) >= 11 is 7.30. The Kier molecular flexibility index (Phi) is 10.5. The van der Waals surface area contributed by atoms with Crippen LogP contribution >= 0.6 is 22.9 Å². The van der Waals surface area contributed by atoms with Gasteiger partial charge in [0.15, 0.2) is 5.13 Å². The monoisotopic (exact) mass is 513 g/mol. The van der Waals surface area contributed by atoms with Gasteiger partial charge in [-0.3, -0.25) is 4.79 Å². The summed E-state index contributed by atoms with van der Waals surface area (Å²) in [5.74, 6) is -3.88. The Hall–Kier alpha value is -3.45. The molecule has 2 rings (SSSR count). The average molecular weight is 514 g/mol. The molecule has 2 aromatic rings. The van der Waals surface area contributed by atoms with E-state index in [1.165, 1.54) is 11.3 Å². The molecule has 0 aromatic carbocycles. The van der Waals surface area contributed by atoms with Crippen LogP contribution in [0, 0.1) is 0 Å². The van der Waals surface area contributed by atoms with Gasteiger partial charge in [0.2, 0.25) is 0 Å². The lowest BCUT2D eigenvalue weighted by atomic mass is 10.1. The Morgan fingerprint density at radius 3 is 2.32 bits per heavy atom. The van der Waals surface area contributed by atoms with E-state index in [4.69, 9.17) is 21.8 Å². The van der Waals surface area contributed by atoms with E-state index in [0.29, 0.717) is 29.7 Å². The van der Waals surface area contributed by atoms with Crippen LogP contribution in [0.3, 0.4) is 0 Å². The van der Waals surface area contributed by atoms with E-state index in [0.717, 1.165) is 11.3 Å². The van der Waals surface area contributed by atoms with Gasteiger partial charge in [-0.1, -0.05) is 11.6 Å². The number of carbonyl (C=O) groups is 4. The molecule has 12 nitrogen and oxygen atoms in total. The number of anilines is 1. The molecular formula is C20H24ClN5O7S. The van der Waals surface area contributed by atoms with E-state index >= 15 is 0 Å². The van der Waals surface area contributed by atoms with Crippen LogP contribution in [0.15, 0.2) is 23.7 Å². The van der Waals surface area contributed by atoms with Crippen molar-refractivity contribution >= 4 is 52.0 Å². The first-order valence-corrected chi connectivity index (χ1v) is 11.5. The minimum atomic E-state index is -1.44. The minimum absolute atomic E-state index is 0.121. The number of hydrogen-bond acceptors (Lipinski definition) is 8. The van der Waals surface area contributed by atoms with Crippen molar-refractivity contribution in [3.8, 4) is 11.3 Å². The summed E-state index contributed by atoms with van der Waals surface area (Å²) in [5, 5.41) is 37.5. The molecule has 0 aliphatic rings. The second-order valence-corrected chi connectivity index (χ2v) is 8.40. The Balaban J connectivity index is 1.75. The number of unbranched alkanes of at least 4 members (excludes halogenated alkanes) is 1. The minimum Gasteiger partial charge on any atom is -0.481 e. The van der Waals surface area contributed by atoms with Crippen molar-refractivity contribution in [2.45, 2.75) is 44.2 Å². The van der Waals surface area contributed by atoms with Crippen molar-refractivity contribution < 1.29 is 34.5 Å². The van der Waals surface area contributed by atoms with Crippen LogP contribution < -0.4 is 16.0 Å². The van der Waals surface area contributed by atoms with Crippen LogP contribution in [0.5, 0.6) is 0 Å². The number of nitrogens with one attached hydrogen (secondary N) is 3. The number of aliphatic carboxylic acids is 3. The maximum absolute atomic E-state index is 12.0. The van der Waals surface area contributed by atoms with Gasteiger partial charge in [0.25, 0.3) is 0 Å². The molecule has 0 saturated carbocycles. The number of halogens is 1. The molecular weight excluding hydrogens is 490 g/mol. The highest BCUT2D eigenvalue weighted by atomic mass is 35.5. The molecule has 0 spiro atoms. The van der Waals surface area contributed by atoms with Crippen molar-refractivity contribution in [3.63, 3.8) is 0 Å². The number of pyridine rings is 1. The van der Waals surface area contributed by atoms with E-state index in [2.05, 4.69) is 25.9 Å². The fraction of sp³-hybridized carbons (Fsp3) is 0.400. The lowest BCUT2D eigenvalue weighted by Gasteiger charge is -2.18. The number of rotatable bonds is 14. The lowest BCUT2D eigenvalue weighted by molar-refractivity contribution is -0.140. The predicted octanol–water partition coefficient (Wildman–Crippen LogP) is 2.51. The fourth-order valence-corrected chi connectivity index (χ4v) is 3.78. The van der Waals surface area contributed by atoms with Gasteiger partial charge in [-0.05, 0) is 37.8 Å². The van der Waals surface area contributed by atoms with Gasteiger partial charge in [-0.25, -0.2) is 24.4 Å². The van der Waals surface area contributed by atoms with Gasteiger partial charge < -0.3 is 31.3 Å². The number of amides is 2. The molecule has 0 aliphatic heterocycles. The Bertz CT molecular complexity index is 1020. The third-order valence-electron chi connectivity index (χ3n) is 4.58. The molecule has 184 valence electrons. The SMILES string of the molecule is O=C(O)CC[C@H](NC(=O)N[C@@H](CCCCNc1nc(-c2ccnc(Cl)c2)cs1)C(=O)O)C(=O)O. The van der Waals surface area contributed by atoms with Crippen molar-refractivity contribution in [1.82, 2.24) is 20.6 Å². The largest absolute Gasteiger partial charge is 0.481 e. The van der Waals surface area contributed by atoms with Gasteiger partial charge in [0, 0.05) is 30.1 Å². The molecule has 6 N–H and O–H groups in total. The van der Waals surface area contributed by atoms with Crippen molar-refractivity contribution in [2.75, 3.05) is 11.9 Å². The van der Waals surface area contributed by atoms with Gasteiger partial charge in [-0.2, -0.15) is 0 Å². The summed E-state index contributed by atoms with van der Waals surface area (Å²) in [6.07, 6.45) is 1.99. The number of nitrogens with zero attached hydrogens (tertiary/aromatic N) is 2. The van der Waals surface area contributed by atoms with Crippen molar-refractivity contribution in [3.05, 3.63) is 28.9 Å². The normalized spacial score (nSPS) is 12.4. The average Bonchev–Trinajstić information content (AvgIpc) is 3.24. The molecule has 2 amide bonds. The highest BCUT2D eigenvalue weighted by Crippen LogP contribution is 2.25. The highest BCUT2D eigenvalue weighted by Gasteiger charge is 2.24. The number of carboxylic acid groups (broad SMARTS) is 3. The van der Waals surface area contributed by atoms with Gasteiger partial charge >= 0.3 is 23.9 Å².